The second-order valence-corrected chi connectivity index (χ2v) is 6.33. The maximum absolute atomic E-state index is 12.2. The molecule has 0 spiro atoms. The summed E-state index contributed by atoms with van der Waals surface area (Å²) in [6.07, 6.45) is 10.3. The van der Waals surface area contributed by atoms with Crippen LogP contribution >= 0.6 is 0 Å². The molecule has 0 bridgehead atoms. The number of aryl methyl sites for hydroxylation is 1. The molecular formula is C19H27N3O2. The summed E-state index contributed by atoms with van der Waals surface area (Å²) in [5, 5.41) is 3.99. The Hall–Kier alpha value is -2.17. The van der Waals surface area contributed by atoms with Crippen LogP contribution in [-0.2, 0) is 17.8 Å². The molecule has 0 aliphatic rings. The number of Topliss-reactive ketones (excluding diaryl/α,β-unsaturated/α-hetero) is 1. The van der Waals surface area contributed by atoms with Gasteiger partial charge in [-0.05, 0) is 37.5 Å². The zero-order valence-corrected chi connectivity index (χ0v) is 14.7. The number of nitrogens with zero attached hydrogens (tertiary/aromatic N) is 3. The van der Waals surface area contributed by atoms with Gasteiger partial charge in [-0.25, -0.2) is 14.0 Å². The number of carbonyl (C=O) groups is 1. The standard InChI is InChI=1S/C19H27N3O2/c1-3-4-5-6-7-8-9-17-10-12-18(13-11-17)21-15-20-22(19(21)24)14-16(2)23/h10-13,15H,3-9,14H2,1-2H3. The molecule has 1 aromatic carbocycles. The second kappa shape index (κ2) is 9.21. The Morgan fingerprint density at radius 2 is 1.71 bits per heavy atom. The molecule has 1 aromatic heterocycles. The van der Waals surface area contributed by atoms with E-state index in [1.807, 2.05) is 12.1 Å². The van der Waals surface area contributed by atoms with Crippen molar-refractivity contribution in [2.24, 2.45) is 0 Å². The van der Waals surface area contributed by atoms with Crippen molar-refractivity contribution < 1.29 is 4.79 Å². The lowest BCUT2D eigenvalue weighted by Gasteiger charge is -2.04. The SMILES string of the molecule is CCCCCCCCc1ccc(-n2cnn(CC(C)=O)c2=O)cc1. The Bertz CT molecular complexity index is 698. The van der Waals surface area contributed by atoms with Gasteiger partial charge in [0.1, 0.15) is 12.9 Å². The molecule has 24 heavy (non-hydrogen) atoms. The van der Waals surface area contributed by atoms with E-state index >= 15 is 0 Å². The lowest BCUT2D eigenvalue weighted by molar-refractivity contribution is -0.117. The van der Waals surface area contributed by atoms with Crippen molar-refractivity contribution in [1.29, 1.82) is 0 Å². The molecule has 0 radical (unpaired) electrons. The number of ketones is 1. The Labute approximate surface area is 143 Å². The molecule has 1 heterocycles. The van der Waals surface area contributed by atoms with Crippen LogP contribution in [0.5, 0.6) is 0 Å². The number of hydrogen-bond donors (Lipinski definition) is 0. The lowest BCUT2D eigenvalue weighted by atomic mass is 10.0. The van der Waals surface area contributed by atoms with Crippen molar-refractivity contribution in [1.82, 2.24) is 14.3 Å². The highest BCUT2D eigenvalue weighted by molar-refractivity contribution is 5.75. The van der Waals surface area contributed by atoms with Gasteiger partial charge >= 0.3 is 5.69 Å². The van der Waals surface area contributed by atoms with Crippen molar-refractivity contribution in [3.8, 4) is 5.69 Å². The number of benzene rings is 1. The quantitative estimate of drug-likeness (QED) is 0.627. The monoisotopic (exact) mass is 329 g/mol. The molecule has 5 heteroatoms. The first kappa shape index (κ1) is 18.2. The van der Waals surface area contributed by atoms with Gasteiger partial charge in [0.15, 0.2) is 5.78 Å². The third kappa shape index (κ3) is 5.18. The van der Waals surface area contributed by atoms with E-state index in [0.29, 0.717) is 0 Å². The number of rotatable bonds is 10. The van der Waals surface area contributed by atoms with Crippen molar-refractivity contribution >= 4 is 5.78 Å². The molecule has 0 atom stereocenters. The predicted octanol–water partition coefficient (Wildman–Crippen LogP) is 3.53. The van der Waals surface area contributed by atoms with E-state index in [2.05, 4.69) is 24.2 Å². The van der Waals surface area contributed by atoms with E-state index in [1.165, 1.54) is 66.6 Å². The van der Waals surface area contributed by atoms with E-state index in [1.54, 1.807) is 0 Å². The van der Waals surface area contributed by atoms with E-state index in [9.17, 15) is 9.59 Å². The number of hydrogen-bond acceptors (Lipinski definition) is 3. The van der Waals surface area contributed by atoms with E-state index in [4.69, 9.17) is 0 Å². The Kier molecular flexibility index (Phi) is 6.97. The summed E-state index contributed by atoms with van der Waals surface area (Å²) in [5.74, 6) is -0.0864. The van der Waals surface area contributed by atoms with Crippen LogP contribution in [0.15, 0.2) is 35.4 Å². The molecule has 5 nitrogen and oxygen atoms in total. The molecule has 0 aliphatic heterocycles. The largest absolute Gasteiger partial charge is 0.350 e. The fourth-order valence-electron chi connectivity index (χ4n) is 2.77. The summed E-state index contributed by atoms with van der Waals surface area (Å²) in [7, 11) is 0. The second-order valence-electron chi connectivity index (χ2n) is 6.33. The predicted molar refractivity (Wildman–Crippen MR) is 95.6 cm³/mol. The van der Waals surface area contributed by atoms with Gasteiger partial charge in [0.2, 0.25) is 0 Å². The molecular weight excluding hydrogens is 302 g/mol. The molecule has 0 aliphatic carbocycles. The van der Waals surface area contributed by atoms with Gasteiger partial charge in [0, 0.05) is 0 Å². The highest BCUT2D eigenvalue weighted by Crippen LogP contribution is 2.12. The third-order valence-corrected chi connectivity index (χ3v) is 4.14. The average molecular weight is 329 g/mol. The highest BCUT2D eigenvalue weighted by Gasteiger charge is 2.08. The fraction of sp³-hybridized carbons (Fsp3) is 0.526. The molecule has 130 valence electrons. The summed E-state index contributed by atoms with van der Waals surface area (Å²) in [4.78, 5) is 23.3. The van der Waals surface area contributed by atoms with Crippen molar-refractivity contribution in [2.45, 2.75) is 65.3 Å². The van der Waals surface area contributed by atoms with E-state index in [0.717, 1.165) is 12.1 Å². The van der Waals surface area contributed by atoms with Crippen LogP contribution in [0.2, 0.25) is 0 Å². The minimum atomic E-state index is -0.283. The molecule has 0 fully saturated rings. The van der Waals surface area contributed by atoms with Crippen molar-refractivity contribution in [2.75, 3.05) is 0 Å². The van der Waals surface area contributed by atoms with Gasteiger partial charge in [-0.1, -0.05) is 51.2 Å². The van der Waals surface area contributed by atoms with Gasteiger partial charge in [-0.2, -0.15) is 5.10 Å². The Balaban J connectivity index is 1.91. The Morgan fingerprint density at radius 3 is 2.38 bits per heavy atom. The summed E-state index contributed by atoms with van der Waals surface area (Å²) in [5.41, 5.74) is 1.79. The normalized spacial score (nSPS) is 10.9. The molecule has 0 saturated carbocycles. The van der Waals surface area contributed by atoms with Crippen molar-refractivity contribution in [3.63, 3.8) is 0 Å². The average Bonchev–Trinajstić information content (AvgIpc) is 2.92. The zero-order valence-electron chi connectivity index (χ0n) is 14.7. The molecule has 2 rings (SSSR count). The molecule has 0 amide bonds. The van der Waals surface area contributed by atoms with Crippen LogP contribution in [0.4, 0.5) is 0 Å². The van der Waals surface area contributed by atoms with Gasteiger partial charge in [-0.3, -0.25) is 4.79 Å². The first-order valence-corrected chi connectivity index (χ1v) is 8.85. The summed E-state index contributed by atoms with van der Waals surface area (Å²) in [6, 6.07) is 8.01. The molecule has 0 N–H and O–H groups in total. The molecule has 0 unspecified atom stereocenters. The van der Waals surface area contributed by atoms with Crippen LogP contribution in [0, 0.1) is 0 Å². The first-order valence-electron chi connectivity index (χ1n) is 8.85. The van der Waals surface area contributed by atoms with E-state index in [-0.39, 0.29) is 18.0 Å². The number of carbonyl (C=O) groups excluding carboxylic acids is 1. The summed E-state index contributed by atoms with van der Waals surface area (Å²) >= 11 is 0. The topological polar surface area (TPSA) is 56.9 Å². The van der Waals surface area contributed by atoms with Crippen LogP contribution in [0.3, 0.4) is 0 Å². The van der Waals surface area contributed by atoms with Gasteiger partial charge in [-0.15, -0.1) is 0 Å². The van der Waals surface area contributed by atoms with Gasteiger partial charge < -0.3 is 0 Å². The van der Waals surface area contributed by atoms with E-state index < -0.39 is 0 Å². The van der Waals surface area contributed by atoms with Crippen LogP contribution in [-0.4, -0.2) is 20.1 Å². The zero-order chi connectivity index (χ0) is 17.4. The molecule has 0 saturated heterocycles. The number of aromatic nitrogens is 3. The van der Waals surface area contributed by atoms with Crippen LogP contribution in [0.25, 0.3) is 5.69 Å². The maximum Gasteiger partial charge on any atom is 0.350 e. The summed E-state index contributed by atoms with van der Waals surface area (Å²) < 4.78 is 2.66. The highest BCUT2D eigenvalue weighted by atomic mass is 16.2. The first-order chi connectivity index (χ1) is 11.6. The smallest absolute Gasteiger partial charge is 0.298 e. The third-order valence-electron chi connectivity index (χ3n) is 4.14. The molecule has 2 aromatic rings. The van der Waals surface area contributed by atoms with Crippen LogP contribution < -0.4 is 5.69 Å². The van der Waals surface area contributed by atoms with Gasteiger partial charge in [0.05, 0.1) is 5.69 Å². The minimum absolute atomic E-state index is 0.0158. The van der Waals surface area contributed by atoms with Crippen molar-refractivity contribution in [3.05, 3.63) is 46.6 Å². The maximum atomic E-state index is 12.2. The van der Waals surface area contributed by atoms with Gasteiger partial charge in [0.25, 0.3) is 0 Å². The Morgan fingerprint density at radius 1 is 1.04 bits per heavy atom. The lowest BCUT2D eigenvalue weighted by Crippen LogP contribution is -2.26. The number of unbranched alkanes of at least 4 members (excludes halogenated alkanes) is 5. The van der Waals surface area contributed by atoms with Crippen LogP contribution in [0.1, 0.15) is 57.9 Å². The minimum Gasteiger partial charge on any atom is -0.298 e. The summed E-state index contributed by atoms with van der Waals surface area (Å²) in [6.45, 7) is 3.70. The fourth-order valence-corrected chi connectivity index (χ4v) is 2.77.